The van der Waals surface area contributed by atoms with Gasteiger partial charge in [-0.2, -0.15) is 5.26 Å². The quantitative estimate of drug-likeness (QED) is 0.836. The maximum Gasteiger partial charge on any atom is 0.254 e. The van der Waals surface area contributed by atoms with Crippen molar-refractivity contribution >= 4 is 17.5 Å². The fraction of sp³-hybridized carbons (Fsp3) is 0.300. The highest BCUT2D eigenvalue weighted by Crippen LogP contribution is 2.35. The van der Waals surface area contributed by atoms with Gasteiger partial charge in [-0.1, -0.05) is 0 Å². The fourth-order valence-electron chi connectivity index (χ4n) is 4.00. The smallest absolute Gasteiger partial charge is 0.254 e. The first kappa shape index (κ1) is 16.3. The highest BCUT2D eigenvalue weighted by atomic mass is 16.2. The van der Waals surface area contributed by atoms with Crippen LogP contribution in [-0.2, 0) is 4.79 Å². The van der Waals surface area contributed by atoms with Crippen molar-refractivity contribution < 1.29 is 9.59 Å². The topological polar surface area (TPSA) is 77.3 Å². The third kappa shape index (κ3) is 2.72. The second-order valence-electron chi connectivity index (χ2n) is 6.62. The molecule has 0 aliphatic carbocycles. The molecule has 6 heteroatoms. The largest absolute Gasteiger partial charge is 0.333 e. The average Bonchev–Trinajstić information content (AvgIpc) is 3.12. The molecule has 1 aromatic heterocycles. The van der Waals surface area contributed by atoms with Gasteiger partial charge in [0.05, 0.1) is 35.6 Å². The van der Waals surface area contributed by atoms with Crippen LogP contribution in [0.15, 0.2) is 48.8 Å². The molecule has 2 fully saturated rings. The fourth-order valence-corrected chi connectivity index (χ4v) is 4.00. The number of pyridine rings is 1. The first-order chi connectivity index (χ1) is 12.7. The third-order valence-corrected chi connectivity index (χ3v) is 5.21. The number of carbonyl (C=O) groups is 2. The van der Waals surface area contributed by atoms with Crippen molar-refractivity contribution in [3.8, 4) is 6.07 Å². The molecular weight excluding hydrogens is 328 g/mol. The zero-order chi connectivity index (χ0) is 18.1. The lowest BCUT2D eigenvalue weighted by atomic mass is 9.95. The van der Waals surface area contributed by atoms with Crippen molar-refractivity contribution in [3.05, 3.63) is 59.9 Å². The molecule has 0 radical (unpaired) electrons. The Bertz CT molecular complexity index is 873. The molecule has 2 atom stereocenters. The van der Waals surface area contributed by atoms with Crippen molar-refractivity contribution in [1.82, 2.24) is 9.88 Å². The summed E-state index contributed by atoms with van der Waals surface area (Å²) in [5, 5.41) is 8.91. The zero-order valence-corrected chi connectivity index (χ0v) is 14.2. The summed E-state index contributed by atoms with van der Waals surface area (Å²) in [7, 11) is 0. The molecule has 4 rings (SSSR count). The number of rotatable bonds is 2. The molecule has 2 amide bonds. The molecule has 0 bridgehead atoms. The molecule has 3 heterocycles. The van der Waals surface area contributed by atoms with E-state index in [-0.39, 0.29) is 23.9 Å². The summed E-state index contributed by atoms with van der Waals surface area (Å²) in [5.74, 6) is 0.0504. The van der Waals surface area contributed by atoms with Gasteiger partial charge in [-0.05, 0) is 49.2 Å². The van der Waals surface area contributed by atoms with Gasteiger partial charge in [0.1, 0.15) is 0 Å². The van der Waals surface area contributed by atoms with Crippen LogP contribution in [0, 0.1) is 11.3 Å². The number of likely N-dealkylation sites (tertiary alicyclic amines) is 1. The second kappa shape index (κ2) is 6.60. The summed E-state index contributed by atoms with van der Waals surface area (Å²) in [4.78, 5) is 33.3. The molecule has 6 nitrogen and oxygen atoms in total. The van der Waals surface area contributed by atoms with Crippen LogP contribution < -0.4 is 4.90 Å². The van der Waals surface area contributed by atoms with Gasteiger partial charge in [-0.15, -0.1) is 0 Å². The summed E-state index contributed by atoms with van der Waals surface area (Å²) in [6, 6.07) is 12.5. The van der Waals surface area contributed by atoms with Crippen molar-refractivity contribution in [2.45, 2.75) is 31.3 Å². The number of carbonyl (C=O) groups excluding carboxylic acids is 2. The summed E-state index contributed by atoms with van der Waals surface area (Å²) >= 11 is 0. The molecule has 0 spiro atoms. The number of piperidine rings is 1. The van der Waals surface area contributed by atoms with Gasteiger partial charge in [-0.25, -0.2) is 0 Å². The van der Waals surface area contributed by atoms with Crippen LogP contribution in [0.2, 0.25) is 0 Å². The standard InChI is InChI=1S/C20H18N4O2/c21-12-14-3-5-15(6-4-14)20(26)23-11-9-18-17(23)7-8-19(25)24(18)16-2-1-10-22-13-16/h1-6,10,13,17-18H,7-9,11H2/t17-,18-/m1/s1. The van der Waals surface area contributed by atoms with Gasteiger partial charge in [-0.3, -0.25) is 14.6 Å². The number of amides is 2. The van der Waals surface area contributed by atoms with E-state index in [1.807, 2.05) is 21.9 Å². The first-order valence-corrected chi connectivity index (χ1v) is 8.72. The predicted octanol–water partition coefficient (Wildman–Crippen LogP) is 2.36. The molecule has 2 aliphatic rings. The van der Waals surface area contributed by atoms with E-state index in [4.69, 9.17) is 5.26 Å². The predicted molar refractivity (Wildman–Crippen MR) is 95.3 cm³/mol. The summed E-state index contributed by atoms with van der Waals surface area (Å²) in [6.07, 6.45) is 5.25. The lowest BCUT2D eigenvalue weighted by molar-refractivity contribution is -0.120. The normalized spacial score (nSPS) is 22.0. The molecule has 0 N–H and O–H groups in total. The third-order valence-electron chi connectivity index (χ3n) is 5.21. The maximum absolute atomic E-state index is 13.0. The number of nitrogens with zero attached hydrogens (tertiary/aromatic N) is 4. The van der Waals surface area contributed by atoms with Crippen LogP contribution in [0.25, 0.3) is 0 Å². The number of benzene rings is 1. The Labute approximate surface area is 151 Å². The lowest BCUT2D eigenvalue weighted by Gasteiger charge is -2.39. The number of nitriles is 1. The number of aromatic nitrogens is 1. The number of hydrogen-bond acceptors (Lipinski definition) is 4. The molecule has 2 saturated heterocycles. The Hall–Kier alpha value is -3.20. The monoisotopic (exact) mass is 346 g/mol. The van der Waals surface area contributed by atoms with E-state index in [0.717, 1.165) is 12.1 Å². The van der Waals surface area contributed by atoms with Gasteiger partial charge < -0.3 is 9.80 Å². The van der Waals surface area contributed by atoms with Crippen LogP contribution in [0.5, 0.6) is 0 Å². The average molecular weight is 346 g/mol. The van der Waals surface area contributed by atoms with Crippen molar-refractivity contribution in [2.75, 3.05) is 11.4 Å². The van der Waals surface area contributed by atoms with Gasteiger partial charge in [0.25, 0.3) is 5.91 Å². The van der Waals surface area contributed by atoms with Crippen LogP contribution in [0.4, 0.5) is 5.69 Å². The summed E-state index contributed by atoms with van der Waals surface area (Å²) in [6.45, 7) is 0.623. The van der Waals surface area contributed by atoms with Gasteiger partial charge in [0, 0.05) is 24.7 Å². The highest BCUT2D eigenvalue weighted by Gasteiger charge is 2.45. The van der Waals surface area contributed by atoms with Crippen LogP contribution >= 0.6 is 0 Å². The van der Waals surface area contributed by atoms with E-state index in [9.17, 15) is 9.59 Å². The Morgan fingerprint density at radius 1 is 1.15 bits per heavy atom. The molecule has 26 heavy (non-hydrogen) atoms. The molecule has 2 aromatic rings. The molecule has 0 unspecified atom stereocenters. The number of fused-ring (bicyclic) bond motifs is 1. The van der Waals surface area contributed by atoms with E-state index in [1.54, 1.807) is 36.7 Å². The minimum atomic E-state index is -0.0394. The maximum atomic E-state index is 13.0. The van der Waals surface area contributed by atoms with E-state index in [0.29, 0.717) is 30.5 Å². The van der Waals surface area contributed by atoms with E-state index < -0.39 is 0 Å². The SMILES string of the molecule is N#Cc1ccc(C(=O)N2CC[C@@H]3[C@H]2CCC(=O)N3c2cccnc2)cc1. The van der Waals surface area contributed by atoms with Gasteiger partial charge in [0.2, 0.25) is 5.91 Å². The van der Waals surface area contributed by atoms with Crippen molar-refractivity contribution in [2.24, 2.45) is 0 Å². The zero-order valence-electron chi connectivity index (χ0n) is 14.2. The molecule has 0 saturated carbocycles. The summed E-state index contributed by atoms with van der Waals surface area (Å²) < 4.78 is 0. The number of anilines is 1. The lowest BCUT2D eigenvalue weighted by Crippen LogP contribution is -2.53. The minimum absolute atomic E-state index is 0.0102. The Balaban J connectivity index is 1.59. The van der Waals surface area contributed by atoms with Crippen molar-refractivity contribution in [1.29, 1.82) is 5.26 Å². The first-order valence-electron chi connectivity index (χ1n) is 8.72. The van der Waals surface area contributed by atoms with E-state index in [1.165, 1.54) is 0 Å². The van der Waals surface area contributed by atoms with E-state index >= 15 is 0 Å². The van der Waals surface area contributed by atoms with Gasteiger partial charge in [0.15, 0.2) is 0 Å². The summed E-state index contributed by atoms with van der Waals surface area (Å²) in [5.41, 5.74) is 1.90. The van der Waals surface area contributed by atoms with E-state index in [2.05, 4.69) is 11.1 Å². The molecule has 130 valence electrons. The van der Waals surface area contributed by atoms with Crippen molar-refractivity contribution in [3.63, 3.8) is 0 Å². The highest BCUT2D eigenvalue weighted by molar-refractivity contribution is 5.97. The minimum Gasteiger partial charge on any atom is -0.333 e. The van der Waals surface area contributed by atoms with Crippen LogP contribution in [0.3, 0.4) is 0 Å². The second-order valence-corrected chi connectivity index (χ2v) is 6.62. The molecule has 1 aromatic carbocycles. The number of hydrogen-bond donors (Lipinski definition) is 0. The Morgan fingerprint density at radius 2 is 1.96 bits per heavy atom. The Morgan fingerprint density at radius 3 is 2.65 bits per heavy atom. The molecular formula is C20H18N4O2. The van der Waals surface area contributed by atoms with Crippen LogP contribution in [0.1, 0.15) is 35.2 Å². The Kier molecular flexibility index (Phi) is 4.13. The van der Waals surface area contributed by atoms with Gasteiger partial charge >= 0.3 is 0 Å². The van der Waals surface area contributed by atoms with Crippen LogP contribution in [-0.4, -0.2) is 40.3 Å². The molecule has 2 aliphatic heterocycles.